The van der Waals surface area contributed by atoms with Gasteiger partial charge in [-0.3, -0.25) is 4.79 Å². The second-order valence-corrected chi connectivity index (χ2v) is 4.13. The minimum atomic E-state index is -1.08. The molecule has 15 heavy (non-hydrogen) atoms. The van der Waals surface area contributed by atoms with Crippen molar-refractivity contribution in [1.82, 2.24) is 0 Å². The second kappa shape index (κ2) is 4.58. The van der Waals surface area contributed by atoms with E-state index in [1.807, 2.05) is 24.3 Å². The van der Waals surface area contributed by atoms with E-state index in [4.69, 9.17) is 0 Å². The van der Waals surface area contributed by atoms with Gasteiger partial charge < -0.3 is 5.11 Å². The van der Waals surface area contributed by atoms with Gasteiger partial charge in [-0.25, -0.2) is 0 Å². The van der Waals surface area contributed by atoms with Crippen LogP contribution in [0.5, 0.6) is 0 Å². The molecule has 2 rings (SSSR count). The highest BCUT2D eigenvalue weighted by Gasteiger charge is 2.22. The van der Waals surface area contributed by atoms with Crippen molar-refractivity contribution in [3.8, 4) is 0 Å². The van der Waals surface area contributed by atoms with Crippen LogP contribution in [0, 0.1) is 0 Å². The van der Waals surface area contributed by atoms with Crippen molar-refractivity contribution in [3.63, 3.8) is 0 Å². The first-order valence-corrected chi connectivity index (χ1v) is 5.47. The van der Waals surface area contributed by atoms with Crippen LogP contribution in [-0.2, 0) is 4.79 Å². The SMILES string of the molecule is O=[C][C@H](O)c1ccccc1C1CCCC1. The monoisotopic (exact) mass is 203 g/mol. The van der Waals surface area contributed by atoms with Crippen molar-refractivity contribution in [2.45, 2.75) is 37.7 Å². The van der Waals surface area contributed by atoms with Gasteiger partial charge >= 0.3 is 0 Å². The summed E-state index contributed by atoms with van der Waals surface area (Å²) in [5.41, 5.74) is 1.87. The fraction of sp³-hybridized carbons (Fsp3) is 0.462. The number of benzene rings is 1. The molecule has 1 aromatic rings. The molecule has 0 unspecified atom stereocenters. The molecule has 0 amide bonds. The van der Waals surface area contributed by atoms with E-state index in [9.17, 15) is 9.90 Å². The summed E-state index contributed by atoms with van der Waals surface area (Å²) in [6, 6.07) is 7.66. The van der Waals surface area contributed by atoms with Gasteiger partial charge in [-0.1, -0.05) is 37.1 Å². The van der Waals surface area contributed by atoms with Crippen LogP contribution in [0.25, 0.3) is 0 Å². The first-order valence-electron chi connectivity index (χ1n) is 5.47. The van der Waals surface area contributed by atoms with Gasteiger partial charge in [0, 0.05) is 0 Å². The molecule has 0 aliphatic heterocycles. The van der Waals surface area contributed by atoms with E-state index in [1.54, 1.807) is 6.29 Å². The Labute approximate surface area is 89.9 Å². The third-order valence-electron chi connectivity index (χ3n) is 3.20. The molecule has 1 saturated carbocycles. The summed E-state index contributed by atoms with van der Waals surface area (Å²) in [4.78, 5) is 10.5. The number of hydrogen-bond donors (Lipinski definition) is 1. The van der Waals surface area contributed by atoms with Gasteiger partial charge in [0.25, 0.3) is 0 Å². The largest absolute Gasteiger partial charge is 0.380 e. The number of hydrogen-bond acceptors (Lipinski definition) is 2. The van der Waals surface area contributed by atoms with Crippen molar-refractivity contribution in [2.75, 3.05) is 0 Å². The number of rotatable bonds is 3. The fourth-order valence-electron chi connectivity index (χ4n) is 2.43. The van der Waals surface area contributed by atoms with E-state index in [1.165, 1.54) is 25.7 Å². The summed E-state index contributed by atoms with van der Waals surface area (Å²) in [7, 11) is 0. The molecule has 79 valence electrons. The average Bonchev–Trinajstić information content (AvgIpc) is 2.81. The summed E-state index contributed by atoms with van der Waals surface area (Å²) in [5, 5.41) is 9.55. The van der Waals surface area contributed by atoms with Gasteiger partial charge in [0.15, 0.2) is 0 Å². The molecule has 1 aliphatic carbocycles. The molecule has 0 heterocycles. The lowest BCUT2D eigenvalue weighted by atomic mass is 9.91. The summed E-state index contributed by atoms with van der Waals surface area (Å²) in [5.74, 6) is 0.518. The van der Waals surface area contributed by atoms with Crippen molar-refractivity contribution < 1.29 is 9.90 Å². The second-order valence-electron chi connectivity index (χ2n) is 4.13. The van der Waals surface area contributed by atoms with E-state index in [0.29, 0.717) is 5.92 Å². The molecule has 1 atom stereocenters. The van der Waals surface area contributed by atoms with Crippen LogP contribution in [0.1, 0.15) is 48.8 Å². The van der Waals surface area contributed by atoms with E-state index >= 15 is 0 Å². The quantitative estimate of drug-likeness (QED) is 0.819. The van der Waals surface area contributed by atoms with Gasteiger partial charge in [0.1, 0.15) is 6.10 Å². The molecule has 1 aliphatic rings. The van der Waals surface area contributed by atoms with Crippen LogP contribution < -0.4 is 0 Å². The third kappa shape index (κ3) is 2.10. The summed E-state index contributed by atoms with van der Waals surface area (Å²) in [6.07, 6.45) is 5.41. The van der Waals surface area contributed by atoms with Crippen LogP contribution in [0.4, 0.5) is 0 Å². The Morgan fingerprint density at radius 1 is 1.27 bits per heavy atom. The van der Waals surface area contributed by atoms with Gasteiger partial charge in [-0.15, -0.1) is 0 Å². The van der Waals surface area contributed by atoms with Gasteiger partial charge in [0.05, 0.1) is 0 Å². The maximum Gasteiger partial charge on any atom is 0.234 e. The zero-order valence-corrected chi connectivity index (χ0v) is 8.65. The Hall–Kier alpha value is -1.15. The topological polar surface area (TPSA) is 37.3 Å². The summed E-state index contributed by atoms with van der Waals surface area (Å²) in [6.45, 7) is 0. The van der Waals surface area contributed by atoms with E-state index in [0.717, 1.165) is 11.1 Å². The minimum absolute atomic E-state index is 0.518. The van der Waals surface area contributed by atoms with E-state index < -0.39 is 6.10 Å². The molecule has 0 bridgehead atoms. The predicted octanol–water partition coefficient (Wildman–Crippen LogP) is 2.49. The summed E-state index contributed by atoms with van der Waals surface area (Å²) < 4.78 is 0. The Bertz CT molecular complexity index is 340. The number of carbonyl (C=O) groups excluding carboxylic acids is 1. The average molecular weight is 203 g/mol. The van der Waals surface area contributed by atoms with Gasteiger partial charge in [-0.05, 0) is 29.9 Å². The molecule has 1 radical (unpaired) electrons. The molecular weight excluding hydrogens is 188 g/mol. The van der Waals surface area contributed by atoms with E-state index in [2.05, 4.69) is 0 Å². The Morgan fingerprint density at radius 2 is 1.93 bits per heavy atom. The molecule has 1 fully saturated rings. The Balaban J connectivity index is 2.32. The lowest BCUT2D eigenvalue weighted by molar-refractivity contribution is 0.238. The zero-order valence-electron chi connectivity index (χ0n) is 8.65. The number of aliphatic hydroxyl groups excluding tert-OH is 1. The van der Waals surface area contributed by atoms with Gasteiger partial charge in [-0.2, -0.15) is 0 Å². The van der Waals surface area contributed by atoms with Crippen molar-refractivity contribution >= 4 is 6.29 Å². The van der Waals surface area contributed by atoms with Crippen LogP contribution in [0.3, 0.4) is 0 Å². The molecule has 0 spiro atoms. The predicted molar refractivity (Wildman–Crippen MR) is 58.3 cm³/mol. The van der Waals surface area contributed by atoms with Crippen LogP contribution in [0.2, 0.25) is 0 Å². The van der Waals surface area contributed by atoms with E-state index in [-0.39, 0.29) is 0 Å². The smallest absolute Gasteiger partial charge is 0.234 e. The highest BCUT2D eigenvalue weighted by molar-refractivity contribution is 5.61. The van der Waals surface area contributed by atoms with Crippen molar-refractivity contribution in [3.05, 3.63) is 35.4 Å². The van der Waals surface area contributed by atoms with Crippen LogP contribution >= 0.6 is 0 Å². The highest BCUT2D eigenvalue weighted by atomic mass is 16.3. The maximum absolute atomic E-state index is 10.5. The Kier molecular flexibility index (Phi) is 3.17. The first kappa shape index (κ1) is 10.4. The molecule has 2 heteroatoms. The molecule has 0 aromatic heterocycles. The normalized spacial score (nSPS) is 19.0. The standard InChI is InChI=1S/C13H15O2/c14-9-13(15)12-8-4-3-7-11(12)10-5-1-2-6-10/h3-4,7-8,10,13,15H,1-2,5-6H2/t13-/m0/s1. The fourth-order valence-corrected chi connectivity index (χ4v) is 2.43. The first-order chi connectivity index (χ1) is 7.33. The van der Waals surface area contributed by atoms with Crippen molar-refractivity contribution in [2.24, 2.45) is 0 Å². The lowest BCUT2D eigenvalue weighted by Crippen LogP contribution is -2.05. The molecule has 1 aromatic carbocycles. The number of aliphatic hydroxyl groups is 1. The minimum Gasteiger partial charge on any atom is -0.380 e. The zero-order chi connectivity index (χ0) is 10.7. The van der Waals surface area contributed by atoms with Gasteiger partial charge in [0.2, 0.25) is 6.29 Å². The summed E-state index contributed by atoms with van der Waals surface area (Å²) >= 11 is 0. The molecule has 0 saturated heterocycles. The molecule has 2 nitrogen and oxygen atoms in total. The van der Waals surface area contributed by atoms with Crippen LogP contribution in [0.15, 0.2) is 24.3 Å². The molecular formula is C13H15O2. The highest BCUT2D eigenvalue weighted by Crippen LogP contribution is 2.37. The molecule has 1 N–H and O–H groups in total. The lowest BCUT2D eigenvalue weighted by Gasteiger charge is -2.15. The Morgan fingerprint density at radius 3 is 2.60 bits per heavy atom. The van der Waals surface area contributed by atoms with Crippen LogP contribution in [-0.4, -0.2) is 11.4 Å². The third-order valence-corrected chi connectivity index (χ3v) is 3.20. The van der Waals surface area contributed by atoms with Crippen molar-refractivity contribution in [1.29, 1.82) is 0 Å². The maximum atomic E-state index is 10.5.